The molecule has 110 valence electrons. The fourth-order valence-electron chi connectivity index (χ4n) is 2.31. The Bertz CT molecular complexity index is 660. The number of anilines is 1. The van der Waals surface area contributed by atoms with E-state index in [9.17, 15) is 14.4 Å². The van der Waals surface area contributed by atoms with Crippen molar-refractivity contribution in [3.05, 3.63) is 41.0 Å². The number of nitrogens with zero attached hydrogens (tertiary/aromatic N) is 1. The molecule has 5 heteroatoms. The van der Waals surface area contributed by atoms with Crippen LogP contribution in [0.2, 0.25) is 0 Å². The van der Waals surface area contributed by atoms with E-state index in [1.165, 1.54) is 4.90 Å². The van der Waals surface area contributed by atoms with Gasteiger partial charge in [0, 0.05) is 5.57 Å². The Labute approximate surface area is 123 Å². The van der Waals surface area contributed by atoms with Gasteiger partial charge < -0.3 is 4.74 Å². The van der Waals surface area contributed by atoms with Crippen LogP contribution >= 0.6 is 0 Å². The molecule has 1 aromatic carbocycles. The molecule has 21 heavy (non-hydrogen) atoms. The molecule has 0 radical (unpaired) electrons. The molecule has 1 amide bonds. The first-order chi connectivity index (χ1) is 9.88. The number of hydrogen-bond acceptors (Lipinski definition) is 4. The summed E-state index contributed by atoms with van der Waals surface area (Å²) in [5.41, 5.74) is 2.91. The van der Waals surface area contributed by atoms with Crippen molar-refractivity contribution < 1.29 is 19.1 Å². The number of carbonyl (C=O) groups is 3. The Hall–Kier alpha value is -2.43. The van der Waals surface area contributed by atoms with Gasteiger partial charge in [-0.3, -0.25) is 14.5 Å². The second-order valence-corrected chi connectivity index (χ2v) is 4.95. The summed E-state index contributed by atoms with van der Waals surface area (Å²) in [6.07, 6.45) is 0. The summed E-state index contributed by atoms with van der Waals surface area (Å²) in [6.45, 7) is 9.28. The van der Waals surface area contributed by atoms with Gasteiger partial charge in [-0.2, -0.15) is 0 Å². The van der Waals surface area contributed by atoms with Crippen LogP contribution in [0.15, 0.2) is 24.3 Å². The Morgan fingerprint density at radius 2 is 1.95 bits per heavy atom. The second-order valence-electron chi connectivity index (χ2n) is 4.95. The number of benzene rings is 1. The van der Waals surface area contributed by atoms with Gasteiger partial charge >= 0.3 is 5.97 Å². The van der Waals surface area contributed by atoms with E-state index in [0.717, 1.165) is 11.1 Å². The molecule has 0 fully saturated rings. The van der Waals surface area contributed by atoms with E-state index >= 15 is 0 Å². The minimum atomic E-state index is -0.635. The van der Waals surface area contributed by atoms with Gasteiger partial charge in [-0.15, -0.1) is 0 Å². The van der Waals surface area contributed by atoms with Crippen LogP contribution < -0.4 is 4.90 Å². The number of esters is 1. The fourth-order valence-corrected chi connectivity index (χ4v) is 2.31. The number of amides is 1. The summed E-state index contributed by atoms with van der Waals surface area (Å²) in [6, 6.07) is 3.45. The first-order valence-corrected chi connectivity index (χ1v) is 6.69. The molecule has 0 N–H and O–H groups in total. The lowest BCUT2D eigenvalue weighted by Crippen LogP contribution is -2.33. The van der Waals surface area contributed by atoms with Crippen LogP contribution in [0.4, 0.5) is 5.69 Å². The Morgan fingerprint density at radius 3 is 2.57 bits per heavy atom. The molecule has 0 unspecified atom stereocenters. The number of Topliss-reactive ketones (excluding diaryl/α,β-unsaturated/α-hetero) is 1. The molecule has 1 aliphatic heterocycles. The monoisotopic (exact) mass is 287 g/mol. The zero-order chi connectivity index (χ0) is 15.7. The molecule has 0 saturated carbocycles. The van der Waals surface area contributed by atoms with Crippen molar-refractivity contribution >= 4 is 23.3 Å². The lowest BCUT2D eigenvalue weighted by atomic mass is 10.0. The minimum absolute atomic E-state index is 0.0410. The van der Waals surface area contributed by atoms with E-state index in [-0.39, 0.29) is 18.7 Å². The highest BCUT2D eigenvalue weighted by Crippen LogP contribution is 2.34. The molecule has 1 aromatic rings. The third-order valence-corrected chi connectivity index (χ3v) is 3.57. The van der Waals surface area contributed by atoms with Crippen LogP contribution in [0, 0.1) is 13.8 Å². The van der Waals surface area contributed by atoms with E-state index in [1.54, 1.807) is 13.0 Å². The van der Waals surface area contributed by atoms with E-state index < -0.39 is 17.7 Å². The number of ether oxygens (including phenoxy) is 1. The van der Waals surface area contributed by atoms with Gasteiger partial charge in [0.1, 0.15) is 0 Å². The molecule has 2 rings (SSSR count). The third-order valence-electron chi connectivity index (χ3n) is 3.57. The standard InChI is InChI=1S/C16H17NO4/c1-5-21-16(20)10(3)8-17-13-11(4)9(2)6-7-12(13)14(18)15(17)19/h6-7H,3,5,8H2,1-2,4H3. The molecule has 0 bridgehead atoms. The lowest BCUT2D eigenvalue weighted by molar-refractivity contribution is -0.138. The van der Waals surface area contributed by atoms with Crippen molar-refractivity contribution in [1.29, 1.82) is 0 Å². The summed E-state index contributed by atoms with van der Waals surface area (Å²) in [7, 11) is 0. The average Bonchev–Trinajstić information content (AvgIpc) is 2.68. The Morgan fingerprint density at radius 1 is 1.29 bits per heavy atom. The summed E-state index contributed by atoms with van der Waals surface area (Å²) >= 11 is 0. The van der Waals surface area contributed by atoms with Gasteiger partial charge in [-0.25, -0.2) is 4.79 Å². The second kappa shape index (κ2) is 5.52. The maximum Gasteiger partial charge on any atom is 0.335 e. The van der Waals surface area contributed by atoms with E-state index in [1.807, 2.05) is 19.9 Å². The van der Waals surface area contributed by atoms with Crippen molar-refractivity contribution in [1.82, 2.24) is 0 Å². The number of fused-ring (bicyclic) bond motifs is 1. The summed E-state index contributed by atoms with van der Waals surface area (Å²) in [5, 5.41) is 0. The minimum Gasteiger partial charge on any atom is -0.463 e. The van der Waals surface area contributed by atoms with Crippen LogP contribution in [-0.4, -0.2) is 30.8 Å². The van der Waals surface area contributed by atoms with Gasteiger partial charge in [0.25, 0.3) is 11.7 Å². The molecule has 1 aliphatic rings. The predicted molar refractivity (Wildman–Crippen MR) is 78.4 cm³/mol. The molecular weight excluding hydrogens is 270 g/mol. The molecule has 0 aromatic heterocycles. The Kier molecular flexibility index (Phi) is 3.93. The quantitative estimate of drug-likeness (QED) is 0.482. The SMILES string of the molecule is C=C(CN1C(=O)C(=O)c2ccc(C)c(C)c21)C(=O)OCC. The van der Waals surface area contributed by atoms with Crippen molar-refractivity contribution in [3.8, 4) is 0 Å². The first-order valence-electron chi connectivity index (χ1n) is 6.69. The van der Waals surface area contributed by atoms with E-state index in [4.69, 9.17) is 4.74 Å². The average molecular weight is 287 g/mol. The van der Waals surface area contributed by atoms with Crippen molar-refractivity contribution in [2.24, 2.45) is 0 Å². The predicted octanol–water partition coefficient (Wildman–Crippen LogP) is 1.95. The van der Waals surface area contributed by atoms with Gasteiger partial charge in [0.2, 0.25) is 0 Å². The van der Waals surface area contributed by atoms with Crippen LogP contribution in [0.3, 0.4) is 0 Å². The van der Waals surface area contributed by atoms with Crippen molar-refractivity contribution in [2.45, 2.75) is 20.8 Å². The first kappa shape index (κ1) is 15.0. The van der Waals surface area contributed by atoms with Gasteiger partial charge in [0.15, 0.2) is 0 Å². The van der Waals surface area contributed by atoms with Gasteiger partial charge in [-0.1, -0.05) is 12.6 Å². The zero-order valence-corrected chi connectivity index (χ0v) is 12.4. The van der Waals surface area contributed by atoms with Crippen LogP contribution in [0.1, 0.15) is 28.4 Å². The highest BCUT2D eigenvalue weighted by Gasteiger charge is 2.37. The zero-order valence-electron chi connectivity index (χ0n) is 12.4. The maximum atomic E-state index is 12.1. The van der Waals surface area contributed by atoms with Gasteiger partial charge in [0.05, 0.1) is 24.4 Å². The summed E-state index contributed by atoms with van der Waals surface area (Å²) < 4.78 is 4.86. The largest absolute Gasteiger partial charge is 0.463 e. The Balaban J connectivity index is 2.37. The van der Waals surface area contributed by atoms with Gasteiger partial charge in [-0.05, 0) is 38.0 Å². The van der Waals surface area contributed by atoms with Crippen LogP contribution in [0.25, 0.3) is 0 Å². The molecule has 1 heterocycles. The molecule has 0 atom stereocenters. The smallest absolute Gasteiger partial charge is 0.335 e. The lowest BCUT2D eigenvalue weighted by Gasteiger charge is -2.20. The van der Waals surface area contributed by atoms with Crippen LogP contribution in [-0.2, 0) is 14.3 Å². The molecule has 0 aliphatic carbocycles. The normalized spacial score (nSPS) is 13.4. The van der Waals surface area contributed by atoms with Crippen molar-refractivity contribution in [2.75, 3.05) is 18.1 Å². The topological polar surface area (TPSA) is 63.7 Å². The van der Waals surface area contributed by atoms with E-state index in [2.05, 4.69) is 6.58 Å². The summed E-state index contributed by atoms with van der Waals surface area (Å²) in [4.78, 5) is 37.1. The fraction of sp³-hybridized carbons (Fsp3) is 0.312. The van der Waals surface area contributed by atoms with E-state index in [0.29, 0.717) is 11.3 Å². The third kappa shape index (κ3) is 2.46. The number of hydrogen-bond donors (Lipinski definition) is 0. The number of ketones is 1. The molecule has 5 nitrogen and oxygen atoms in total. The molecular formula is C16H17NO4. The number of rotatable bonds is 4. The molecule has 0 spiro atoms. The highest BCUT2D eigenvalue weighted by atomic mass is 16.5. The number of aryl methyl sites for hydroxylation is 1. The van der Waals surface area contributed by atoms with Crippen LogP contribution in [0.5, 0.6) is 0 Å². The molecule has 0 saturated heterocycles. The number of carbonyl (C=O) groups excluding carboxylic acids is 3. The maximum absolute atomic E-state index is 12.1. The highest BCUT2D eigenvalue weighted by molar-refractivity contribution is 6.52. The summed E-state index contributed by atoms with van der Waals surface area (Å²) in [5.74, 6) is -1.74. The van der Waals surface area contributed by atoms with Crippen molar-refractivity contribution in [3.63, 3.8) is 0 Å².